The maximum atomic E-state index is 13.4. The number of hydrogen-bond donors (Lipinski definition) is 5. The van der Waals surface area contributed by atoms with Gasteiger partial charge in [-0.3, -0.25) is 14.9 Å². The average molecular weight is 574 g/mol. The molecule has 5 atom stereocenters. The molecule has 7 rings (SSSR count). The van der Waals surface area contributed by atoms with Crippen LogP contribution in [0, 0.1) is 0 Å². The number of rotatable bonds is 9. The molecule has 3 amide bonds. The third-order valence-electron chi connectivity index (χ3n) is 8.96. The number of aliphatic carboxylic acids is 1. The van der Waals surface area contributed by atoms with Crippen molar-refractivity contribution in [1.29, 1.82) is 0 Å². The van der Waals surface area contributed by atoms with Gasteiger partial charge in [0.15, 0.2) is 0 Å². The molecule has 0 radical (unpaired) electrons. The van der Waals surface area contributed by atoms with Crippen molar-refractivity contribution >= 4 is 46.3 Å². The Morgan fingerprint density at radius 3 is 2.61 bits per heavy atom. The summed E-state index contributed by atoms with van der Waals surface area (Å²) >= 11 is 1.91. The van der Waals surface area contributed by atoms with E-state index in [0.717, 1.165) is 71.3 Å². The minimum Gasteiger partial charge on any atom is -0.480 e. The summed E-state index contributed by atoms with van der Waals surface area (Å²) < 4.78 is 0. The largest absolute Gasteiger partial charge is 0.480 e. The average Bonchev–Trinajstić information content (AvgIpc) is 3.47. The van der Waals surface area contributed by atoms with Crippen molar-refractivity contribution in [1.82, 2.24) is 20.9 Å². The highest BCUT2D eigenvalue weighted by atomic mass is 32.2. The Hall–Kier alpha value is -3.50. The highest BCUT2D eigenvalue weighted by molar-refractivity contribution is 8.00. The third kappa shape index (κ3) is 5.08. The molecule has 3 fully saturated rings. The Balaban J connectivity index is 1.03. The second-order valence-corrected chi connectivity index (χ2v) is 13.0. The summed E-state index contributed by atoms with van der Waals surface area (Å²) in [5.74, 6) is 0.254. The number of thioether (sulfide) groups is 1. The highest BCUT2D eigenvalue weighted by Gasteiger charge is 2.42. The van der Waals surface area contributed by atoms with Gasteiger partial charge in [-0.25, -0.2) is 4.79 Å². The quantitative estimate of drug-likeness (QED) is 0.194. The number of aromatic nitrogens is 1. The van der Waals surface area contributed by atoms with Crippen molar-refractivity contribution in [2.24, 2.45) is 0 Å². The van der Waals surface area contributed by atoms with Crippen LogP contribution in [-0.2, 0) is 16.0 Å². The maximum Gasteiger partial charge on any atom is 0.321 e. The number of carbonyl (C=O) groups excluding carboxylic acids is 2. The normalized spacial score (nSPS) is 26.7. The van der Waals surface area contributed by atoms with Crippen LogP contribution < -0.4 is 20.9 Å². The van der Waals surface area contributed by atoms with E-state index in [1.54, 1.807) is 0 Å². The topological polar surface area (TPSA) is 127 Å². The molecule has 0 bridgehead atoms. The molecule has 214 valence electrons. The van der Waals surface area contributed by atoms with Crippen LogP contribution in [0.1, 0.15) is 61.4 Å². The molecule has 1 saturated carbocycles. The number of carboxylic acids is 1. The van der Waals surface area contributed by atoms with Crippen molar-refractivity contribution in [3.63, 3.8) is 0 Å². The first kappa shape index (κ1) is 26.4. The van der Waals surface area contributed by atoms with Crippen LogP contribution in [0.25, 0.3) is 10.9 Å². The molecular weight excluding hydrogens is 538 g/mol. The van der Waals surface area contributed by atoms with E-state index in [-0.39, 0.29) is 36.1 Å². The molecule has 2 aromatic carbocycles. The van der Waals surface area contributed by atoms with Crippen LogP contribution in [0.15, 0.2) is 48.5 Å². The van der Waals surface area contributed by atoms with E-state index < -0.39 is 12.0 Å². The molecule has 41 heavy (non-hydrogen) atoms. The molecule has 1 aromatic heterocycles. The minimum absolute atomic E-state index is 0.0608. The van der Waals surface area contributed by atoms with Gasteiger partial charge in [-0.2, -0.15) is 11.8 Å². The van der Waals surface area contributed by atoms with Gasteiger partial charge >= 0.3 is 12.0 Å². The molecule has 2 saturated heterocycles. The third-order valence-corrected chi connectivity index (χ3v) is 10.5. The first-order valence-corrected chi connectivity index (χ1v) is 15.7. The SMILES string of the molecule is O=C1N[C@H]2[C@H](CS[C@H]2CCCCC(=O)N(c2ccc([C@H]3N[C@@H](C(=O)O)Cc4c3[nH]c3ccccc43)cc2)C2CC2)N1. The van der Waals surface area contributed by atoms with Gasteiger partial charge < -0.3 is 25.6 Å². The maximum absolute atomic E-state index is 13.4. The molecule has 9 nitrogen and oxygen atoms in total. The summed E-state index contributed by atoms with van der Waals surface area (Å²) in [6.07, 6.45) is 5.78. The summed E-state index contributed by atoms with van der Waals surface area (Å²) in [7, 11) is 0. The Labute approximate surface area is 242 Å². The highest BCUT2D eigenvalue weighted by Crippen LogP contribution is 2.38. The number of amides is 3. The number of urea groups is 1. The number of H-pyrrole nitrogens is 1. The molecule has 3 aromatic rings. The molecule has 4 aliphatic rings. The predicted molar refractivity (Wildman–Crippen MR) is 159 cm³/mol. The van der Waals surface area contributed by atoms with Crippen LogP contribution in [0.5, 0.6) is 0 Å². The first-order valence-electron chi connectivity index (χ1n) is 14.7. The van der Waals surface area contributed by atoms with E-state index in [1.807, 2.05) is 65.2 Å². The van der Waals surface area contributed by atoms with Crippen molar-refractivity contribution in [3.8, 4) is 0 Å². The Bertz CT molecular complexity index is 1490. The van der Waals surface area contributed by atoms with E-state index in [1.165, 1.54) is 0 Å². The number of nitrogens with one attached hydrogen (secondary N) is 4. The Kier molecular flexibility index (Phi) is 6.90. The number of benzene rings is 2. The number of nitrogens with zero attached hydrogens (tertiary/aromatic N) is 1. The van der Waals surface area contributed by atoms with E-state index in [9.17, 15) is 19.5 Å². The lowest BCUT2D eigenvalue weighted by molar-refractivity contribution is -0.139. The van der Waals surface area contributed by atoms with E-state index in [2.05, 4.69) is 20.9 Å². The number of carboxylic acid groups (broad SMARTS) is 1. The minimum atomic E-state index is -0.857. The van der Waals surface area contributed by atoms with Crippen molar-refractivity contribution in [2.45, 2.75) is 80.4 Å². The zero-order valence-electron chi connectivity index (χ0n) is 22.8. The summed E-state index contributed by atoms with van der Waals surface area (Å²) in [5, 5.41) is 20.7. The van der Waals surface area contributed by atoms with Gasteiger partial charge in [0.1, 0.15) is 6.04 Å². The lowest BCUT2D eigenvalue weighted by Gasteiger charge is -2.30. The molecule has 1 aliphatic carbocycles. The molecule has 5 N–H and O–H groups in total. The number of unbranched alkanes of at least 4 members (excludes halogenated alkanes) is 1. The van der Waals surface area contributed by atoms with Gasteiger partial charge in [0.2, 0.25) is 5.91 Å². The summed E-state index contributed by atoms with van der Waals surface area (Å²) in [6.45, 7) is 0. The lowest BCUT2D eigenvalue weighted by atomic mass is 9.90. The summed E-state index contributed by atoms with van der Waals surface area (Å²) in [5.41, 5.74) is 4.93. The predicted octanol–water partition coefficient (Wildman–Crippen LogP) is 4.08. The summed E-state index contributed by atoms with van der Waals surface area (Å²) in [6, 6.07) is 15.8. The van der Waals surface area contributed by atoms with Crippen LogP contribution in [0.4, 0.5) is 10.5 Å². The summed E-state index contributed by atoms with van der Waals surface area (Å²) in [4.78, 5) is 42.5. The zero-order chi connectivity index (χ0) is 28.1. The number of para-hydroxylation sites is 1. The second kappa shape index (κ2) is 10.7. The Morgan fingerprint density at radius 1 is 1.02 bits per heavy atom. The standard InChI is InChI=1S/C31H35N5O4S/c37-26(8-4-3-7-25-29-24(16-41-25)34-31(40)35-29)36(19-13-14-19)18-11-9-17(10-12-18)27-28-21(15-23(33-27)30(38)39)20-5-1-2-6-22(20)32-28/h1-2,5-6,9-12,19,23-25,27,29,32-33H,3-4,7-8,13-16H2,(H,38,39)(H2,34,35,40)/t23-,24+,25+,27-,29+/m1/s1. The smallest absolute Gasteiger partial charge is 0.321 e. The lowest BCUT2D eigenvalue weighted by Crippen LogP contribution is -2.45. The fraction of sp³-hybridized carbons (Fsp3) is 0.452. The molecule has 4 heterocycles. The Morgan fingerprint density at radius 2 is 1.83 bits per heavy atom. The van der Waals surface area contributed by atoms with Gasteiger partial charge in [0, 0.05) is 52.2 Å². The molecule has 3 aliphatic heterocycles. The fourth-order valence-corrected chi connectivity index (χ4v) is 8.30. The molecule has 0 spiro atoms. The number of aromatic amines is 1. The van der Waals surface area contributed by atoms with Gasteiger partial charge in [0.05, 0.1) is 18.1 Å². The fourth-order valence-electron chi connectivity index (χ4n) is 6.76. The van der Waals surface area contributed by atoms with Crippen LogP contribution >= 0.6 is 11.8 Å². The monoisotopic (exact) mass is 573 g/mol. The van der Waals surface area contributed by atoms with E-state index in [4.69, 9.17) is 0 Å². The molecular formula is C31H35N5O4S. The number of carbonyl (C=O) groups is 3. The van der Waals surface area contributed by atoms with E-state index >= 15 is 0 Å². The van der Waals surface area contributed by atoms with Crippen molar-refractivity contribution < 1.29 is 19.5 Å². The number of hydrogen-bond acceptors (Lipinski definition) is 5. The van der Waals surface area contributed by atoms with Gasteiger partial charge in [-0.1, -0.05) is 36.8 Å². The molecule has 10 heteroatoms. The van der Waals surface area contributed by atoms with Crippen LogP contribution in [0.3, 0.4) is 0 Å². The van der Waals surface area contributed by atoms with Gasteiger partial charge in [-0.05, 0) is 55.0 Å². The van der Waals surface area contributed by atoms with Crippen molar-refractivity contribution in [3.05, 3.63) is 65.4 Å². The first-order chi connectivity index (χ1) is 20.0. The number of fused-ring (bicyclic) bond motifs is 4. The van der Waals surface area contributed by atoms with Gasteiger partial charge in [-0.15, -0.1) is 0 Å². The zero-order valence-corrected chi connectivity index (χ0v) is 23.6. The molecule has 0 unspecified atom stereocenters. The van der Waals surface area contributed by atoms with Crippen LogP contribution in [0.2, 0.25) is 0 Å². The van der Waals surface area contributed by atoms with E-state index in [0.29, 0.717) is 18.1 Å². The van der Waals surface area contributed by atoms with Gasteiger partial charge in [0.25, 0.3) is 0 Å². The van der Waals surface area contributed by atoms with Crippen molar-refractivity contribution in [2.75, 3.05) is 10.7 Å². The second-order valence-electron chi connectivity index (χ2n) is 11.7. The van der Waals surface area contributed by atoms with Crippen LogP contribution in [-0.4, -0.2) is 63.2 Å². The number of anilines is 1.